The summed E-state index contributed by atoms with van der Waals surface area (Å²) in [7, 11) is 0. The summed E-state index contributed by atoms with van der Waals surface area (Å²) in [6.07, 6.45) is 11.6. The maximum Gasteiger partial charge on any atom is 0.0431 e. The van der Waals surface area contributed by atoms with Gasteiger partial charge in [-0.3, -0.25) is 0 Å². The first kappa shape index (κ1) is 16.4. The van der Waals surface area contributed by atoms with Crippen LogP contribution in [-0.4, -0.2) is 11.7 Å². The normalized spacial score (nSPS) is 13.6. The molecule has 0 aromatic heterocycles. The molecular formula is C16H30O. The van der Waals surface area contributed by atoms with Crippen molar-refractivity contribution in [3.05, 3.63) is 23.3 Å². The van der Waals surface area contributed by atoms with Crippen LogP contribution in [0.1, 0.15) is 66.2 Å². The van der Waals surface area contributed by atoms with E-state index < -0.39 is 0 Å². The van der Waals surface area contributed by atoms with E-state index in [9.17, 15) is 0 Å². The van der Waals surface area contributed by atoms with Crippen molar-refractivity contribution in [3.63, 3.8) is 0 Å². The topological polar surface area (TPSA) is 20.2 Å². The Morgan fingerprint density at radius 1 is 1.06 bits per heavy atom. The first-order valence-corrected chi connectivity index (χ1v) is 6.96. The van der Waals surface area contributed by atoms with E-state index in [1.54, 1.807) is 0 Å². The Hall–Kier alpha value is -0.560. The van der Waals surface area contributed by atoms with Gasteiger partial charge in [0.25, 0.3) is 0 Å². The molecule has 0 amide bonds. The fourth-order valence-electron chi connectivity index (χ4n) is 1.89. The molecule has 0 heterocycles. The first-order valence-electron chi connectivity index (χ1n) is 6.96. The van der Waals surface area contributed by atoms with Crippen molar-refractivity contribution in [1.82, 2.24) is 0 Å². The lowest BCUT2D eigenvalue weighted by Gasteiger charge is -2.08. The van der Waals surface area contributed by atoms with Crippen LogP contribution in [0, 0.1) is 5.92 Å². The van der Waals surface area contributed by atoms with Gasteiger partial charge in [-0.1, -0.05) is 30.2 Å². The Kier molecular flexibility index (Phi) is 10.2. The van der Waals surface area contributed by atoms with Gasteiger partial charge in [-0.05, 0) is 65.2 Å². The standard InChI is InChI=1S/C16H30O/c1-14(2)8-5-9-15(3)10-6-11-16(4)12-7-13-17/h8,10,16-17H,5-7,9,11-13H2,1-4H3/b15-10+. The van der Waals surface area contributed by atoms with Gasteiger partial charge in [-0.15, -0.1) is 0 Å². The molecule has 0 aliphatic heterocycles. The van der Waals surface area contributed by atoms with Crippen molar-refractivity contribution in [2.45, 2.75) is 66.2 Å². The largest absolute Gasteiger partial charge is 0.396 e. The fourth-order valence-corrected chi connectivity index (χ4v) is 1.89. The van der Waals surface area contributed by atoms with Gasteiger partial charge in [0.2, 0.25) is 0 Å². The summed E-state index contributed by atoms with van der Waals surface area (Å²) < 4.78 is 0. The lowest BCUT2D eigenvalue weighted by Crippen LogP contribution is -1.96. The Bertz CT molecular complexity index is 234. The molecule has 0 fully saturated rings. The summed E-state index contributed by atoms with van der Waals surface area (Å²) in [4.78, 5) is 0. The third-order valence-electron chi connectivity index (χ3n) is 3.10. The minimum atomic E-state index is 0.335. The summed E-state index contributed by atoms with van der Waals surface area (Å²) in [5, 5.41) is 8.75. The van der Waals surface area contributed by atoms with E-state index in [-0.39, 0.29) is 0 Å². The van der Waals surface area contributed by atoms with Gasteiger partial charge in [-0.2, -0.15) is 0 Å². The minimum absolute atomic E-state index is 0.335. The average molecular weight is 238 g/mol. The van der Waals surface area contributed by atoms with E-state index in [1.807, 2.05) is 0 Å². The lowest BCUT2D eigenvalue weighted by atomic mass is 9.99. The summed E-state index contributed by atoms with van der Waals surface area (Å²) in [6.45, 7) is 9.16. The van der Waals surface area contributed by atoms with Gasteiger partial charge < -0.3 is 5.11 Å². The fraction of sp³-hybridized carbons (Fsp3) is 0.750. The molecule has 0 aromatic rings. The number of rotatable bonds is 9. The predicted molar refractivity (Wildman–Crippen MR) is 77.1 cm³/mol. The lowest BCUT2D eigenvalue weighted by molar-refractivity contribution is 0.272. The van der Waals surface area contributed by atoms with E-state index in [0.717, 1.165) is 18.8 Å². The quantitative estimate of drug-likeness (QED) is 0.568. The highest BCUT2D eigenvalue weighted by atomic mass is 16.2. The van der Waals surface area contributed by atoms with Crippen molar-refractivity contribution >= 4 is 0 Å². The molecule has 0 aromatic carbocycles. The number of aliphatic hydroxyl groups is 1. The van der Waals surface area contributed by atoms with Gasteiger partial charge in [0.05, 0.1) is 0 Å². The predicted octanol–water partition coefficient (Wildman–Crippen LogP) is 4.87. The maximum atomic E-state index is 8.75. The van der Waals surface area contributed by atoms with E-state index >= 15 is 0 Å². The highest BCUT2D eigenvalue weighted by Crippen LogP contribution is 2.15. The van der Waals surface area contributed by atoms with E-state index in [0.29, 0.717) is 6.61 Å². The summed E-state index contributed by atoms with van der Waals surface area (Å²) in [5.74, 6) is 0.740. The average Bonchev–Trinajstić information content (AvgIpc) is 2.25. The molecule has 1 unspecified atom stereocenters. The van der Waals surface area contributed by atoms with Gasteiger partial charge in [0, 0.05) is 6.61 Å². The number of hydrogen-bond donors (Lipinski definition) is 1. The van der Waals surface area contributed by atoms with Crippen LogP contribution in [0.4, 0.5) is 0 Å². The van der Waals surface area contributed by atoms with Gasteiger partial charge in [0.1, 0.15) is 0 Å². The molecular weight excluding hydrogens is 208 g/mol. The highest BCUT2D eigenvalue weighted by Gasteiger charge is 2.00. The summed E-state index contributed by atoms with van der Waals surface area (Å²) >= 11 is 0. The zero-order valence-electron chi connectivity index (χ0n) is 12.1. The molecule has 0 saturated carbocycles. The molecule has 17 heavy (non-hydrogen) atoms. The van der Waals surface area contributed by atoms with Gasteiger partial charge in [-0.25, -0.2) is 0 Å². The zero-order valence-corrected chi connectivity index (χ0v) is 12.1. The van der Waals surface area contributed by atoms with Crippen LogP contribution >= 0.6 is 0 Å². The Labute approximate surface area is 108 Å². The molecule has 1 atom stereocenters. The van der Waals surface area contributed by atoms with E-state index in [4.69, 9.17) is 5.11 Å². The van der Waals surface area contributed by atoms with Crippen molar-refractivity contribution in [1.29, 1.82) is 0 Å². The second-order valence-corrected chi connectivity index (χ2v) is 5.42. The van der Waals surface area contributed by atoms with Gasteiger partial charge in [0.15, 0.2) is 0 Å². The monoisotopic (exact) mass is 238 g/mol. The molecule has 1 nitrogen and oxygen atoms in total. The van der Waals surface area contributed by atoms with Crippen molar-refractivity contribution in [3.8, 4) is 0 Å². The minimum Gasteiger partial charge on any atom is -0.396 e. The van der Waals surface area contributed by atoms with Crippen LogP contribution in [0.25, 0.3) is 0 Å². The third kappa shape index (κ3) is 11.7. The SMILES string of the molecule is CC(C)=CCC/C(C)=C/CCC(C)CCCO. The Morgan fingerprint density at radius 3 is 2.35 bits per heavy atom. The van der Waals surface area contributed by atoms with Crippen LogP contribution in [0.3, 0.4) is 0 Å². The Morgan fingerprint density at radius 2 is 1.76 bits per heavy atom. The number of allylic oxidation sites excluding steroid dienone is 4. The third-order valence-corrected chi connectivity index (χ3v) is 3.10. The smallest absolute Gasteiger partial charge is 0.0431 e. The van der Waals surface area contributed by atoms with Crippen molar-refractivity contribution in [2.24, 2.45) is 5.92 Å². The maximum absolute atomic E-state index is 8.75. The molecule has 1 heteroatoms. The molecule has 0 aliphatic carbocycles. The van der Waals surface area contributed by atoms with Crippen molar-refractivity contribution < 1.29 is 5.11 Å². The number of hydrogen-bond acceptors (Lipinski definition) is 1. The van der Waals surface area contributed by atoms with Gasteiger partial charge >= 0.3 is 0 Å². The van der Waals surface area contributed by atoms with Crippen LogP contribution in [0.15, 0.2) is 23.3 Å². The van der Waals surface area contributed by atoms with Crippen LogP contribution in [-0.2, 0) is 0 Å². The number of aliphatic hydroxyl groups excluding tert-OH is 1. The molecule has 100 valence electrons. The molecule has 0 rings (SSSR count). The zero-order chi connectivity index (χ0) is 13.1. The van der Waals surface area contributed by atoms with Crippen LogP contribution < -0.4 is 0 Å². The highest BCUT2D eigenvalue weighted by molar-refractivity contribution is 5.02. The molecule has 0 spiro atoms. The van der Waals surface area contributed by atoms with E-state index in [1.165, 1.54) is 36.8 Å². The van der Waals surface area contributed by atoms with Crippen LogP contribution in [0.5, 0.6) is 0 Å². The molecule has 0 radical (unpaired) electrons. The Balaban J connectivity index is 3.65. The van der Waals surface area contributed by atoms with E-state index in [2.05, 4.69) is 39.8 Å². The van der Waals surface area contributed by atoms with Crippen LogP contribution in [0.2, 0.25) is 0 Å². The molecule has 1 N–H and O–H groups in total. The molecule has 0 saturated heterocycles. The molecule has 0 bridgehead atoms. The summed E-state index contributed by atoms with van der Waals surface area (Å²) in [5.41, 5.74) is 2.92. The second-order valence-electron chi connectivity index (χ2n) is 5.42. The molecule has 0 aliphatic rings. The first-order chi connectivity index (χ1) is 8.06. The summed E-state index contributed by atoms with van der Waals surface area (Å²) in [6, 6.07) is 0. The van der Waals surface area contributed by atoms with Crippen molar-refractivity contribution in [2.75, 3.05) is 6.61 Å². The second kappa shape index (κ2) is 10.6.